The Balaban J connectivity index is 1.48. The highest BCUT2D eigenvalue weighted by Gasteiger charge is 2.19. The van der Waals surface area contributed by atoms with Crippen LogP contribution in [0.4, 0.5) is 0 Å². The highest BCUT2D eigenvalue weighted by molar-refractivity contribution is 5.14. The van der Waals surface area contributed by atoms with Crippen LogP contribution in [-0.4, -0.2) is 55.7 Å². The molecule has 3 nitrogen and oxygen atoms in total. The van der Waals surface area contributed by atoms with Crippen LogP contribution in [0.1, 0.15) is 51.0 Å². The first-order chi connectivity index (χ1) is 11.8. The fraction of sp³-hybridized carbons (Fsp3) is 0.714. The maximum absolute atomic E-state index is 6.10. The van der Waals surface area contributed by atoms with E-state index in [-0.39, 0.29) is 0 Å². The molecule has 0 radical (unpaired) electrons. The Morgan fingerprint density at radius 1 is 1.04 bits per heavy atom. The predicted octanol–water partition coefficient (Wildman–Crippen LogP) is 4.18. The molecular weight excluding hydrogens is 296 g/mol. The van der Waals surface area contributed by atoms with Gasteiger partial charge in [0.25, 0.3) is 0 Å². The Bertz CT molecular complexity index is 415. The molecule has 3 heteroatoms. The summed E-state index contributed by atoms with van der Waals surface area (Å²) in [6.07, 6.45) is 7.92. The van der Waals surface area contributed by atoms with Crippen LogP contribution in [-0.2, 0) is 11.3 Å². The molecule has 1 aliphatic heterocycles. The van der Waals surface area contributed by atoms with Crippen LogP contribution < -0.4 is 0 Å². The monoisotopic (exact) mass is 332 g/mol. The van der Waals surface area contributed by atoms with Gasteiger partial charge in [0.1, 0.15) is 0 Å². The van der Waals surface area contributed by atoms with Gasteiger partial charge in [-0.25, -0.2) is 0 Å². The van der Waals surface area contributed by atoms with Gasteiger partial charge in [0.05, 0.1) is 6.10 Å². The zero-order valence-electron chi connectivity index (χ0n) is 15.8. The molecule has 1 heterocycles. The van der Waals surface area contributed by atoms with Crippen LogP contribution >= 0.6 is 0 Å². The molecule has 1 aromatic rings. The largest absolute Gasteiger partial charge is 0.378 e. The van der Waals surface area contributed by atoms with E-state index in [9.17, 15) is 0 Å². The van der Waals surface area contributed by atoms with Gasteiger partial charge in [0, 0.05) is 26.2 Å². The SMILES string of the molecule is CCCN(C)CCCCCOC1CCN(Cc2ccccc2)CC1. The van der Waals surface area contributed by atoms with Crippen molar-refractivity contribution >= 4 is 0 Å². The van der Waals surface area contributed by atoms with Gasteiger partial charge in [-0.1, -0.05) is 37.3 Å². The molecule has 0 bridgehead atoms. The van der Waals surface area contributed by atoms with Crippen molar-refractivity contribution in [3.8, 4) is 0 Å². The first-order valence-electron chi connectivity index (χ1n) is 9.84. The molecule has 1 aliphatic rings. The molecule has 0 atom stereocenters. The smallest absolute Gasteiger partial charge is 0.0599 e. The number of unbranched alkanes of at least 4 members (excludes halogenated alkanes) is 2. The van der Waals surface area contributed by atoms with Crippen molar-refractivity contribution in [1.82, 2.24) is 9.80 Å². The molecule has 1 saturated heterocycles. The topological polar surface area (TPSA) is 15.7 Å². The van der Waals surface area contributed by atoms with Crippen LogP contribution in [0.5, 0.6) is 0 Å². The average molecular weight is 333 g/mol. The average Bonchev–Trinajstić information content (AvgIpc) is 2.60. The Kier molecular flexibility index (Phi) is 9.40. The summed E-state index contributed by atoms with van der Waals surface area (Å²) in [4.78, 5) is 4.99. The van der Waals surface area contributed by atoms with Crippen LogP contribution in [0.25, 0.3) is 0 Å². The van der Waals surface area contributed by atoms with E-state index in [0.717, 1.165) is 13.2 Å². The van der Waals surface area contributed by atoms with Gasteiger partial charge in [-0.15, -0.1) is 0 Å². The molecule has 0 unspecified atom stereocenters. The fourth-order valence-corrected chi connectivity index (χ4v) is 3.48. The first-order valence-corrected chi connectivity index (χ1v) is 9.84. The molecular formula is C21H36N2O. The summed E-state index contributed by atoms with van der Waals surface area (Å²) < 4.78 is 6.10. The van der Waals surface area contributed by atoms with Crippen molar-refractivity contribution in [1.29, 1.82) is 0 Å². The molecule has 0 amide bonds. The number of ether oxygens (including phenoxy) is 1. The molecule has 0 aliphatic carbocycles. The van der Waals surface area contributed by atoms with E-state index in [1.165, 1.54) is 70.3 Å². The van der Waals surface area contributed by atoms with Crippen molar-refractivity contribution in [2.75, 3.05) is 39.8 Å². The molecule has 1 aromatic carbocycles. The quantitative estimate of drug-likeness (QED) is 0.565. The molecule has 0 saturated carbocycles. The number of likely N-dealkylation sites (tertiary alicyclic amines) is 1. The lowest BCUT2D eigenvalue weighted by Gasteiger charge is -2.32. The van der Waals surface area contributed by atoms with Gasteiger partial charge in [-0.05, 0) is 64.2 Å². The Morgan fingerprint density at radius 3 is 2.50 bits per heavy atom. The number of benzene rings is 1. The van der Waals surface area contributed by atoms with Crippen molar-refractivity contribution < 1.29 is 4.74 Å². The summed E-state index contributed by atoms with van der Waals surface area (Å²) in [6.45, 7) is 9.06. The van der Waals surface area contributed by atoms with Gasteiger partial charge >= 0.3 is 0 Å². The van der Waals surface area contributed by atoms with E-state index >= 15 is 0 Å². The van der Waals surface area contributed by atoms with Gasteiger partial charge in [0.2, 0.25) is 0 Å². The maximum atomic E-state index is 6.10. The summed E-state index contributed by atoms with van der Waals surface area (Å²) >= 11 is 0. The number of piperidine rings is 1. The van der Waals surface area contributed by atoms with Crippen molar-refractivity contribution in [3.63, 3.8) is 0 Å². The van der Waals surface area contributed by atoms with Crippen LogP contribution in [0.3, 0.4) is 0 Å². The summed E-state index contributed by atoms with van der Waals surface area (Å²) in [6, 6.07) is 10.8. The van der Waals surface area contributed by atoms with Crippen LogP contribution in [0.2, 0.25) is 0 Å². The summed E-state index contributed by atoms with van der Waals surface area (Å²) in [5.74, 6) is 0. The Hall–Kier alpha value is -0.900. The van der Waals surface area contributed by atoms with E-state index in [4.69, 9.17) is 4.74 Å². The number of rotatable bonds is 11. The molecule has 0 N–H and O–H groups in total. The first kappa shape index (κ1) is 19.4. The van der Waals surface area contributed by atoms with Crippen molar-refractivity contribution in [2.45, 2.75) is 58.1 Å². The van der Waals surface area contributed by atoms with Crippen LogP contribution in [0.15, 0.2) is 30.3 Å². The highest BCUT2D eigenvalue weighted by atomic mass is 16.5. The molecule has 2 rings (SSSR count). The number of hydrogen-bond donors (Lipinski definition) is 0. The summed E-state index contributed by atoms with van der Waals surface area (Å²) in [5.41, 5.74) is 1.42. The molecule has 0 spiro atoms. The zero-order chi connectivity index (χ0) is 17.0. The molecule has 1 fully saturated rings. The minimum absolute atomic E-state index is 0.486. The second-order valence-corrected chi connectivity index (χ2v) is 7.20. The summed E-state index contributed by atoms with van der Waals surface area (Å²) in [5, 5.41) is 0. The van der Waals surface area contributed by atoms with Gasteiger partial charge < -0.3 is 9.64 Å². The Morgan fingerprint density at radius 2 is 1.79 bits per heavy atom. The van der Waals surface area contributed by atoms with E-state index in [2.05, 4.69) is 54.1 Å². The maximum Gasteiger partial charge on any atom is 0.0599 e. The minimum atomic E-state index is 0.486. The van der Waals surface area contributed by atoms with Gasteiger partial charge in [-0.3, -0.25) is 4.90 Å². The van der Waals surface area contributed by atoms with E-state index in [1.54, 1.807) is 0 Å². The lowest BCUT2D eigenvalue weighted by atomic mass is 10.1. The third-order valence-electron chi connectivity index (χ3n) is 4.93. The zero-order valence-corrected chi connectivity index (χ0v) is 15.8. The Labute approximate surface area is 149 Å². The van der Waals surface area contributed by atoms with E-state index < -0.39 is 0 Å². The minimum Gasteiger partial charge on any atom is -0.378 e. The second-order valence-electron chi connectivity index (χ2n) is 7.20. The third kappa shape index (κ3) is 7.78. The normalized spacial score (nSPS) is 16.8. The van der Waals surface area contributed by atoms with Gasteiger partial charge in [-0.2, -0.15) is 0 Å². The van der Waals surface area contributed by atoms with Gasteiger partial charge in [0.15, 0.2) is 0 Å². The summed E-state index contributed by atoms with van der Waals surface area (Å²) in [7, 11) is 2.23. The number of hydrogen-bond acceptors (Lipinski definition) is 3. The predicted molar refractivity (Wildman–Crippen MR) is 102 cm³/mol. The van der Waals surface area contributed by atoms with Crippen molar-refractivity contribution in [3.05, 3.63) is 35.9 Å². The standard InChI is InChI=1S/C21H36N2O/c1-3-14-22(2)15-8-5-9-18-24-21-12-16-23(17-13-21)19-20-10-6-4-7-11-20/h4,6-7,10-11,21H,3,5,8-9,12-19H2,1-2H3. The number of nitrogens with zero attached hydrogens (tertiary/aromatic N) is 2. The van der Waals surface area contributed by atoms with Crippen molar-refractivity contribution in [2.24, 2.45) is 0 Å². The fourth-order valence-electron chi connectivity index (χ4n) is 3.48. The lowest BCUT2D eigenvalue weighted by molar-refractivity contribution is 0.00417. The second kappa shape index (κ2) is 11.6. The van der Waals surface area contributed by atoms with Crippen LogP contribution in [0, 0.1) is 0 Å². The third-order valence-corrected chi connectivity index (χ3v) is 4.93. The van der Waals surface area contributed by atoms with E-state index in [0.29, 0.717) is 6.10 Å². The molecule has 24 heavy (non-hydrogen) atoms. The highest BCUT2D eigenvalue weighted by Crippen LogP contribution is 2.16. The van der Waals surface area contributed by atoms with E-state index in [1.807, 2.05) is 0 Å². The lowest BCUT2D eigenvalue weighted by Crippen LogP contribution is -2.36. The molecule has 136 valence electrons. The molecule has 0 aromatic heterocycles.